The molecular formula is C19H23ClN2O2. The molecule has 0 aromatic heterocycles. The normalized spacial score (nSPS) is 10.6. The van der Waals surface area contributed by atoms with Crippen molar-refractivity contribution >= 4 is 23.2 Å². The molecule has 4 nitrogen and oxygen atoms in total. The monoisotopic (exact) mass is 346 g/mol. The maximum atomic E-state index is 12.3. The van der Waals surface area contributed by atoms with Crippen LogP contribution >= 0.6 is 11.6 Å². The number of amides is 1. The molecule has 0 spiro atoms. The summed E-state index contributed by atoms with van der Waals surface area (Å²) in [6.07, 6.45) is 0.983. The quantitative estimate of drug-likeness (QED) is 0.672. The lowest BCUT2D eigenvalue weighted by atomic mass is 10.1. The van der Waals surface area contributed by atoms with Gasteiger partial charge in [0, 0.05) is 25.4 Å². The molecule has 0 saturated carbocycles. The minimum absolute atomic E-state index is 0.206. The highest BCUT2D eigenvalue weighted by Crippen LogP contribution is 2.18. The molecule has 2 aromatic rings. The van der Waals surface area contributed by atoms with Gasteiger partial charge in [0.15, 0.2) is 0 Å². The molecule has 0 bridgehead atoms. The third-order valence-corrected chi connectivity index (χ3v) is 3.81. The Labute approximate surface area is 148 Å². The fourth-order valence-electron chi connectivity index (χ4n) is 2.28. The summed E-state index contributed by atoms with van der Waals surface area (Å²) < 4.78 is 5.30. The number of nitrogens with one attached hydrogen (secondary N) is 2. The number of anilines is 1. The van der Waals surface area contributed by atoms with Crippen LogP contribution in [0.4, 0.5) is 5.69 Å². The van der Waals surface area contributed by atoms with E-state index >= 15 is 0 Å². The summed E-state index contributed by atoms with van der Waals surface area (Å²) in [6, 6.07) is 14.8. The van der Waals surface area contributed by atoms with E-state index in [9.17, 15) is 4.79 Å². The molecule has 5 heteroatoms. The first-order valence-electron chi connectivity index (χ1n) is 8.14. The van der Waals surface area contributed by atoms with E-state index < -0.39 is 0 Å². The maximum Gasteiger partial charge on any atom is 0.257 e. The summed E-state index contributed by atoms with van der Waals surface area (Å²) in [5.41, 5.74) is 2.34. The Morgan fingerprint density at radius 3 is 2.79 bits per heavy atom. The maximum absolute atomic E-state index is 12.3. The highest BCUT2D eigenvalue weighted by Gasteiger charge is 2.09. The first-order chi connectivity index (χ1) is 11.7. The van der Waals surface area contributed by atoms with Crippen LogP contribution in [-0.4, -0.2) is 25.7 Å². The fraction of sp³-hybridized carbons (Fsp3) is 0.316. The van der Waals surface area contributed by atoms with Gasteiger partial charge in [-0.05, 0) is 49.7 Å². The molecule has 0 saturated heterocycles. The van der Waals surface area contributed by atoms with Crippen molar-refractivity contribution in [3.05, 3.63) is 64.7 Å². The van der Waals surface area contributed by atoms with Gasteiger partial charge in [-0.1, -0.05) is 35.9 Å². The van der Waals surface area contributed by atoms with Crippen molar-refractivity contribution in [1.82, 2.24) is 5.32 Å². The Hall–Kier alpha value is -1.88. The lowest BCUT2D eigenvalue weighted by molar-refractivity contribution is 0.102. The van der Waals surface area contributed by atoms with Crippen molar-refractivity contribution in [1.29, 1.82) is 0 Å². The summed E-state index contributed by atoms with van der Waals surface area (Å²) >= 11 is 6.06. The van der Waals surface area contributed by atoms with E-state index in [1.165, 1.54) is 0 Å². The van der Waals surface area contributed by atoms with Crippen LogP contribution in [0, 0.1) is 0 Å². The predicted octanol–water partition coefficient (Wildman–Crippen LogP) is 4.11. The van der Waals surface area contributed by atoms with Crippen molar-refractivity contribution in [2.75, 3.05) is 25.1 Å². The van der Waals surface area contributed by atoms with Gasteiger partial charge in [-0.2, -0.15) is 0 Å². The second-order valence-electron chi connectivity index (χ2n) is 5.36. The minimum Gasteiger partial charge on any atom is -0.382 e. The van der Waals surface area contributed by atoms with E-state index in [4.69, 9.17) is 16.3 Å². The summed E-state index contributed by atoms with van der Waals surface area (Å²) in [7, 11) is 0. The van der Waals surface area contributed by atoms with E-state index in [1.54, 1.807) is 24.3 Å². The minimum atomic E-state index is -0.206. The van der Waals surface area contributed by atoms with Gasteiger partial charge in [-0.25, -0.2) is 0 Å². The summed E-state index contributed by atoms with van der Waals surface area (Å²) in [5.74, 6) is -0.206. The second-order valence-corrected chi connectivity index (χ2v) is 5.77. The smallest absolute Gasteiger partial charge is 0.257 e. The van der Waals surface area contributed by atoms with Crippen molar-refractivity contribution in [2.24, 2.45) is 0 Å². The molecule has 2 rings (SSSR count). The number of carbonyl (C=O) groups excluding carboxylic acids is 1. The van der Waals surface area contributed by atoms with Gasteiger partial charge < -0.3 is 15.4 Å². The molecule has 0 atom stereocenters. The molecule has 2 aromatic carbocycles. The zero-order valence-electron chi connectivity index (χ0n) is 13.8. The predicted molar refractivity (Wildman–Crippen MR) is 98.7 cm³/mol. The van der Waals surface area contributed by atoms with Gasteiger partial charge in [0.05, 0.1) is 10.6 Å². The molecule has 0 heterocycles. The van der Waals surface area contributed by atoms with E-state index in [1.807, 2.05) is 31.2 Å². The van der Waals surface area contributed by atoms with E-state index in [-0.39, 0.29) is 5.91 Å². The molecule has 0 aliphatic rings. The summed E-state index contributed by atoms with van der Waals surface area (Å²) in [5, 5.41) is 6.70. The third-order valence-electron chi connectivity index (χ3n) is 3.48. The molecule has 0 radical (unpaired) electrons. The number of ether oxygens (including phenoxy) is 1. The number of carbonyl (C=O) groups is 1. The van der Waals surface area contributed by atoms with Crippen LogP contribution in [0.25, 0.3) is 0 Å². The number of rotatable bonds is 9. The number of hydrogen-bond donors (Lipinski definition) is 2. The Balaban J connectivity index is 1.86. The van der Waals surface area contributed by atoms with Crippen molar-refractivity contribution in [2.45, 2.75) is 19.9 Å². The lowest BCUT2D eigenvalue weighted by Crippen LogP contribution is -2.17. The van der Waals surface area contributed by atoms with Crippen LogP contribution in [-0.2, 0) is 11.3 Å². The van der Waals surface area contributed by atoms with E-state index in [2.05, 4.69) is 10.6 Å². The van der Waals surface area contributed by atoms with Crippen LogP contribution in [0.15, 0.2) is 48.5 Å². The SMILES string of the molecule is CCOCCCNCc1cccc(NC(=O)c2ccccc2Cl)c1. The second kappa shape index (κ2) is 10.1. The summed E-state index contributed by atoms with van der Waals surface area (Å²) in [6.45, 7) is 5.18. The Bertz CT molecular complexity index is 661. The van der Waals surface area contributed by atoms with Crippen molar-refractivity contribution in [3.63, 3.8) is 0 Å². The molecule has 2 N–H and O–H groups in total. The largest absolute Gasteiger partial charge is 0.382 e. The van der Waals surface area contributed by atoms with Gasteiger partial charge in [-0.3, -0.25) is 4.79 Å². The lowest BCUT2D eigenvalue weighted by Gasteiger charge is -2.09. The zero-order valence-corrected chi connectivity index (χ0v) is 14.6. The van der Waals surface area contributed by atoms with Gasteiger partial charge in [-0.15, -0.1) is 0 Å². The standard InChI is InChI=1S/C19H23ClN2O2/c1-2-24-12-6-11-21-14-15-7-5-8-16(13-15)22-19(23)17-9-3-4-10-18(17)20/h3-5,7-10,13,21H,2,6,11-12,14H2,1H3,(H,22,23). The number of benzene rings is 2. The molecule has 0 aliphatic heterocycles. The molecule has 24 heavy (non-hydrogen) atoms. The molecule has 0 aliphatic carbocycles. The van der Waals surface area contributed by atoms with Crippen LogP contribution in [0.3, 0.4) is 0 Å². The highest BCUT2D eigenvalue weighted by atomic mass is 35.5. The van der Waals surface area contributed by atoms with Gasteiger partial charge in [0.1, 0.15) is 0 Å². The van der Waals surface area contributed by atoms with Crippen molar-refractivity contribution < 1.29 is 9.53 Å². The van der Waals surface area contributed by atoms with E-state index in [0.29, 0.717) is 10.6 Å². The third kappa shape index (κ3) is 5.96. The zero-order chi connectivity index (χ0) is 17.2. The number of hydrogen-bond acceptors (Lipinski definition) is 3. The van der Waals surface area contributed by atoms with Crippen molar-refractivity contribution in [3.8, 4) is 0 Å². The van der Waals surface area contributed by atoms with Crippen LogP contribution < -0.4 is 10.6 Å². The molecule has 128 valence electrons. The van der Waals surface area contributed by atoms with Gasteiger partial charge >= 0.3 is 0 Å². The Morgan fingerprint density at radius 2 is 2.00 bits per heavy atom. The van der Waals surface area contributed by atoms with Crippen LogP contribution in [0.1, 0.15) is 29.3 Å². The van der Waals surface area contributed by atoms with E-state index in [0.717, 1.165) is 44.0 Å². The first kappa shape index (κ1) is 18.5. The van der Waals surface area contributed by atoms with Crippen LogP contribution in [0.2, 0.25) is 5.02 Å². The van der Waals surface area contributed by atoms with Crippen LogP contribution in [0.5, 0.6) is 0 Å². The van der Waals surface area contributed by atoms with Gasteiger partial charge in [0.25, 0.3) is 5.91 Å². The molecule has 0 fully saturated rings. The summed E-state index contributed by atoms with van der Waals surface area (Å²) in [4.78, 5) is 12.3. The average molecular weight is 347 g/mol. The topological polar surface area (TPSA) is 50.4 Å². The molecular weight excluding hydrogens is 324 g/mol. The number of halogens is 1. The van der Waals surface area contributed by atoms with Gasteiger partial charge in [0.2, 0.25) is 0 Å². The Morgan fingerprint density at radius 1 is 1.17 bits per heavy atom. The Kier molecular flexibility index (Phi) is 7.75. The molecule has 1 amide bonds. The first-order valence-corrected chi connectivity index (χ1v) is 8.51. The fourth-order valence-corrected chi connectivity index (χ4v) is 2.50. The average Bonchev–Trinajstić information content (AvgIpc) is 2.58. The highest BCUT2D eigenvalue weighted by molar-refractivity contribution is 6.34. The molecule has 0 unspecified atom stereocenters.